The van der Waals surface area contributed by atoms with Crippen molar-refractivity contribution in [2.45, 2.75) is 26.4 Å². The lowest BCUT2D eigenvalue weighted by Crippen LogP contribution is -2.52. The number of hydrogen-bond acceptors (Lipinski definition) is 4. The summed E-state index contributed by atoms with van der Waals surface area (Å²) in [6.07, 6.45) is 2.38. The first kappa shape index (κ1) is 17.3. The fraction of sp³-hybridized carbons (Fsp3) is 0.600. The number of thioether (sulfide) groups is 1. The fourth-order valence-electron chi connectivity index (χ4n) is 3.97. The molecule has 0 saturated carbocycles. The number of rotatable bonds is 4. The van der Waals surface area contributed by atoms with Gasteiger partial charge in [-0.3, -0.25) is 14.5 Å². The average molecular weight is 358 g/mol. The molecule has 2 aliphatic heterocycles. The minimum Gasteiger partial charge on any atom is -0.310 e. The Balaban J connectivity index is 1.57. The van der Waals surface area contributed by atoms with E-state index in [1.807, 2.05) is 0 Å². The second-order valence-electron chi connectivity index (χ2n) is 7.41. The van der Waals surface area contributed by atoms with Crippen LogP contribution < -0.4 is 5.01 Å². The van der Waals surface area contributed by atoms with Gasteiger partial charge in [-0.1, -0.05) is 12.1 Å². The van der Waals surface area contributed by atoms with Crippen molar-refractivity contribution in [2.75, 3.05) is 55.8 Å². The monoisotopic (exact) mass is 357 g/mol. The van der Waals surface area contributed by atoms with Crippen LogP contribution in [0.15, 0.2) is 24.4 Å². The highest BCUT2D eigenvalue weighted by Gasteiger charge is 2.21. The van der Waals surface area contributed by atoms with Gasteiger partial charge >= 0.3 is 0 Å². The van der Waals surface area contributed by atoms with Crippen LogP contribution in [0.25, 0.3) is 10.9 Å². The molecule has 4 nitrogen and oxygen atoms in total. The second kappa shape index (κ2) is 7.60. The van der Waals surface area contributed by atoms with Gasteiger partial charge in [-0.25, -0.2) is 0 Å². The lowest BCUT2D eigenvalue weighted by Gasteiger charge is -2.38. The lowest BCUT2D eigenvalue weighted by molar-refractivity contribution is 0.197. The van der Waals surface area contributed by atoms with Crippen LogP contribution in [0.5, 0.6) is 0 Å². The van der Waals surface area contributed by atoms with E-state index in [1.54, 1.807) is 0 Å². The molecular formula is C20H29N4S. The second-order valence-corrected chi connectivity index (χ2v) is 8.64. The molecule has 25 heavy (non-hydrogen) atoms. The molecule has 2 saturated heterocycles. The SMILES string of the molecule is CC(C)N1CCN(n2cc(CN3CCSCC3)c3cc[c]cc32)CC1. The van der Waals surface area contributed by atoms with Crippen molar-refractivity contribution in [1.82, 2.24) is 14.5 Å². The first-order valence-electron chi connectivity index (χ1n) is 9.52. The summed E-state index contributed by atoms with van der Waals surface area (Å²) in [5.74, 6) is 2.53. The number of piperazine rings is 1. The van der Waals surface area contributed by atoms with E-state index < -0.39 is 0 Å². The van der Waals surface area contributed by atoms with Crippen LogP contribution in [-0.2, 0) is 6.54 Å². The van der Waals surface area contributed by atoms with Crippen molar-refractivity contribution in [3.05, 3.63) is 36.0 Å². The quantitative estimate of drug-likeness (QED) is 0.835. The molecule has 0 unspecified atom stereocenters. The van der Waals surface area contributed by atoms with E-state index in [0.29, 0.717) is 6.04 Å². The van der Waals surface area contributed by atoms with Gasteiger partial charge in [0.1, 0.15) is 0 Å². The smallest absolute Gasteiger partial charge is 0.0704 e. The largest absolute Gasteiger partial charge is 0.310 e. The number of benzene rings is 1. The average Bonchev–Trinajstić information content (AvgIpc) is 3.01. The summed E-state index contributed by atoms with van der Waals surface area (Å²) in [7, 11) is 0. The maximum atomic E-state index is 3.28. The molecule has 3 heterocycles. The number of fused-ring (bicyclic) bond motifs is 1. The summed E-state index contributed by atoms with van der Waals surface area (Å²) in [4.78, 5) is 5.17. The predicted octanol–water partition coefficient (Wildman–Crippen LogP) is 2.65. The predicted molar refractivity (Wildman–Crippen MR) is 108 cm³/mol. The van der Waals surface area contributed by atoms with Crippen LogP contribution >= 0.6 is 11.8 Å². The van der Waals surface area contributed by atoms with Gasteiger partial charge in [-0.2, -0.15) is 11.8 Å². The third-order valence-corrected chi connectivity index (χ3v) is 6.48. The summed E-state index contributed by atoms with van der Waals surface area (Å²) in [6, 6.07) is 10.4. The Morgan fingerprint density at radius 3 is 2.56 bits per heavy atom. The van der Waals surface area contributed by atoms with E-state index in [-0.39, 0.29) is 0 Å². The highest BCUT2D eigenvalue weighted by atomic mass is 32.2. The van der Waals surface area contributed by atoms with Gasteiger partial charge in [0.25, 0.3) is 0 Å². The lowest BCUT2D eigenvalue weighted by atomic mass is 10.1. The van der Waals surface area contributed by atoms with Crippen LogP contribution in [0.4, 0.5) is 0 Å². The molecule has 2 aliphatic rings. The Morgan fingerprint density at radius 2 is 1.84 bits per heavy atom. The maximum absolute atomic E-state index is 3.28. The van der Waals surface area contributed by atoms with Gasteiger partial charge in [0.05, 0.1) is 5.52 Å². The Morgan fingerprint density at radius 1 is 1.08 bits per heavy atom. The molecule has 0 amide bonds. The molecule has 135 valence electrons. The highest BCUT2D eigenvalue weighted by Crippen LogP contribution is 2.24. The van der Waals surface area contributed by atoms with Crippen molar-refractivity contribution in [2.24, 2.45) is 0 Å². The molecule has 4 rings (SSSR count). The molecule has 0 spiro atoms. The number of nitrogens with zero attached hydrogens (tertiary/aromatic N) is 4. The van der Waals surface area contributed by atoms with Crippen molar-refractivity contribution < 1.29 is 0 Å². The van der Waals surface area contributed by atoms with E-state index >= 15 is 0 Å². The van der Waals surface area contributed by atoms with Crippen molar-refractivity contribution >= 4 is 22.7 Å². The number of aromatic nitrogens is 1. The van der Waals surface area contributed by atoms with Crippen molar-refractivity contribution in [3.63, 3.8) is 0 Å². The van der Waals surface area contributed by atoms with Crippen LogP contribution in [0.3, 0.4) is 0 Å². The van der Waals surface area contributed by atoms with Crippen LogP contribution in [-0.4, -0.2) is 71.3 Å². The van der Waals surface area contributed by atoms with Gasteiger partial charge < -0.3 is 5.01 Å². The maximum Gasteiger partial charge on any atom is 0.0704 e. The van der Waals surface area contributed by atoms with Gasteiger partial charge in [0, 0.05) is 74.9 Å². The minimum atomic E-state index is 0.643. The Labute approximate surface area is 155 Å². The van der Waals surface area contributed by atoms with E-state index in [1.165, 1.54) is 41.1 Å². The van der Waals surface area contributed by atoms with E-state index in [4.69, 9.17) is 0 Å². The highest BCUT2D eigenvalue weighted by molar-refractivity contribution is 7.99. The Hall–Kier alpha value is -1.17. The molecule has 2 aromatic rings. The molecule has 0 atom stereocenters. The zero-order valence-corrected chi connectivity index (χ0v) is 16.3. The molecule has 0 aliphatic carbocycles. The molecule has 1 aromatic heterocycles. The molecule has 1 radical (unpaired) electrons. The Kier molecular flexibility index (Phi) is 5.25. The topological polar surface area (TPSA) is 14.7 Å². The standard InChI is InChI=1S/C20H29N4S/c1-17(2)22-7-9-23(10-8-22)24-16-18(15-21-11-13-25-14-12-21)19-5-3-4-6-20(19)24/h3,5-6,16-17H,7-15H2,1-2H3. The van der Waals surface area contributed by atoms with Crippen LogP contribution in [0.2, 0.25) is 0 Å². The summed E-state index contributed by atoms with van der Waals surface area (Å²) in [6.45, 7) is 12.6. The van der Waals surface area contributed by atoms with Gasteiger partial charge in [-0.05, 0) is 31.5 Å². The first-order chi connectivity index (χ1) is 12.2. The van der Waals surface area contributed by atoms with Gasteiger partial charge in [0.15, 0.2) is 0 Å². The molecule has 0 N–H and O–H groups in total. The normalized spacial score (nSPS) is 20.7. The third-order valence-electron chi connectivity index (χ3n) is 5.54. The van der Waals surface area contributed by atoms with Gasteiger partial charge in [-0.15, -0.1) is 0 Å². The molecule has 0 bridgehead atoms. The van der Waals surface area contributed by atoms with Gasteiger partial charge in [0.2, 0.25) is 0 Å². The van der Waals surface area contributed by atoms with E-state index in [0.717, 1.165) is 32.7 Å². The summed E-state index contributed by atoms with van der Waals surface area (Å²) in [5, 5.41) is 3.90. The molecule has 1 aromatic carbocycles. The first-order valence-corrected chi connectivity index (χ1v) is 10.7. The minimum absolute atomic E-state index is 0.643. The summed E-state index contributed by atoms with van der Waals surface area (Å²) < 4.78 is 2.40. The third kappa shape index (κ3) is 3.69. The van der Waals surface area contributed by atoms with E-state index in [2.05, 4.69) is 75.6 Å². The molecule has 2 fully saturated rings. The zero-order valence-electron chi connectivity index (χ0n) is 15.4. The number of hydrogen-bond donors (Lipinski definition) is 0. The van der Waals surface area contributed by atoms with Crippen LogP contribution in [0, 0.1) is 6.07 Å². The Bertz CT molecular complexity index is 697. The van der Waals surface area contributed by atoms with Crippen LogP contribution in [0.1, 0.15) is 19.4 Å². The van der Waals surface area contributed by atoms with Crippen molar-refractivity contribution in [1.29, 1.82) is 0 Å². The summed E-state index contributed by atoms with van der Waals surface area (Å²) in [5.41, 5.74) is 2.77. The van der Waals surface area contributed by atoms with Crippen molar-refractivity contribution in [3.8, 4) is 0 Å². The summed E-state index contributed by atoms with van der Waals surface area (Å²) >= 11 is 2.08. The van der Waals surface area contributed by atoms with E-state index in [9.17, 15) is 0 Å². The molecular weight excluding hydrogens is 328 g/mol. The molecule has 5 heteroatoms. The fourth-order valence-corrected chi connectivity index (χ4v) is 4.95. The zero-order chi connectivity index (χ0) is 17.2.